The first-order valence-electron chi connectivity index (χ1n) is 6.23. The topological polar surface area (TPSA) is 12.5 Å². The summed E-state index contributed by atoms with van der Waals surface area (Å²) < 4.78 is 5.29. The second kappa shape index (κ2) is 3.77. The highest BCUT2D eigenvalue weighted by Crippen LogP contribution is 2.40. The maximum absolute atomic E-state index is 5.29. The van der Waals surface area contributed by atoms with E-state index in [0.717, 1.165) is 13.2 Å². The maximum Gasteiger partial charge on any atom is 0.0579 e. The molecule has 0 saturated carbocycles. The van der Waals surface area contributed by atoms with E-state index >= 15 is 0 Å². The van der Waals surface area contributed by atoms with E-state index < -0.39 is 0 Å². The Morgan fingerprint density at radius 3 is 2.38 bits per heavy atom. The molecule has 0 atom stereocenters. The molecule has 0 aromatic heterocycles. The summed E-state index contributed by atoms with van der Waals surface area (Å²) in [4.78, 5) is 2.46. The van der Waals surface area contributed by atoms with Crippen LogP contribution in [0.3, 0.4) is 0 Å². The lowest BCUT2D eigenvalue weighted by atomic mass is 9.78. The second-order valence-electron chi connectivity index (χ2n) is 5.27. The Balaban J connectivity index is 1.63. The second-order valence-corrected chi connectivity index (χ2v) is 5.27. The van der Waals surface area contributed by atoms with Crippen molar-refractivity contribution in [2.24, 2.45) is 5.41 Å². The highest BCUT2D eigenvalue weighted by Gasteiger charge is 2.48. The molecule has 2 saturated heterocycles. The molecule has 2 fully saturated rings. The van der Waals surface area contributed by atoms with Crippen LogP contribution in [0.25, 0.3) is 0 Å². The van der Waals surface area contributed by atoms with Crippen LogP contribution in [-0.4, -0.2) is 26.3 Å². The molecule has 2 heterocycles. The van der Waals surface area contributed by atoms with Gasteiger partial charge in [0.25, 0.3) is 0 Å². The van der Waals surface area contributed by atoms with Crippen LogP contribution in [0.4, 0.5) is 5.69 Å². The quantitative estimate of drug-likeness (QED) is 0.771. The number of aryl methyl sites for hydroxylation is 1. The third-order valence-electron chi connectivity index (χ3n) is 3.71. The zero-order valence-corrected chi connectivity index (χ0v) is 9.91. The highest BCUT2D eigenvalue weighted by atomic mass is 16.5. The fourth-order valence-corrected chi connectivity index (χ4v) is 2.68. The van der Waals surface area contributed by atoms with Gasteiger partial charge in [-0.05, 0) is 24.1 Å². The monoisotopic (exact) mass is 217 g/mol. The van der Waals surface area contributed by atoms with E-state index in [2.05, 4.69) is 36.1 Å². The van der Waals surface area contributed by atoms with Crippen molar-refractivity contribution in [3.05, 3.63) is 29.8 Å². The smallest absolute Gasteiger partial charge is 0.0579 e. The van der Waals surface area contributed by atoms with Crippen molar-refractivity contribution in [3.8, 4) is 0 Å². The van der Waals surface area contributed by atoms with Crippen molar-refractivity contribution >= 4 is 5.69 Å². The average Bonchev–Trinajstić information content (AvgIpc) is 2.16. The van der Waals surface area contributed by atoms with E-state index in [0.29, 0.717) is 5.41 Å². The van der Waals surface area contributed by atoms with Crippen molar-refractivity contribution in [2.75, 3.05) is 31.2 Å². The van der Waals surface area contributed by atoms with Gasteiger partial charge in [-0.25, -0.2) is 0 Å². The van der Waals surface area contributed by atoms with Crippen molar-refractivity contribution in [2.45, 2.75) is 19.8 Å². The molecule has 3 rings (SSSR count). The summed E-state index contributed by atoms with van der Waals surface area (Å²) in [6.07, 6.45) is 2.42. The van der Waals surface area contributed by atoms with Gasteiger partial charge in [0.1, 0.15) is 0 Å². The van der Waals surface area contributed by atoms with E-state index in [-0.39, 0.29) is 0 Å². The minimum Gasteiger partial charge on any atom is -0.380 e. The molecule has 2 aliphatic heterocycles. The van der Waals surface area contributed by atoms with Crippen LogP contribution in [0, 0.1) is 5.41 Å². The number of ether oxygens (including phenoxy) is 1. The molecule has 0 unspecified atom stereocenters. The maximum atomic E-state index is 5.29. The number of anilines is 1. The number of benzene rings is 1. The molecule has 1 spiro atoms. The van der Waals surface area contributed by atoms with Gasteiger partial charge in [-0.1, -0.05) is 25.5 Å². The van der Waals surface area contributed by atoms with Crippen molar-refractivity contribution in [1.82, 2.24) is 0 Å². The fourth-order valence-electron chi connectivity index (χ4n) is 2.68. The van der Waals surface area contributed by atoms with E-state index in [9.17, 15) is 0 Å². The van der Waals surface area contributed by atoms with Gasteiger partial charge in [0.15, 0.2) is 0 Å². The number of hydrogen-bond acceptors (Lipinski definition) is 2. The molecule has 2 heteroatoms. The minimum absolute atomic E-state index is 0.516. The Morgan fingerprint density at radius 1 is 1.19 bits per heavy atom. The summed E-state index contributed by atoms with van der Waals surface area (Å²) in [5.41, 5.74) is 3.34. The minimum atomic E-state index is 0.516. The SMILES string of the molecule is CCCc1ccc(N2CC3(COC3)C2)cc1. The normalized spacial score (nSPS) is 21.7. The molecule has 1 aromatic carbocycles. The zero-order chi connectivity index (χ0) is 11.0. The molecular formula is C14H19NO. The van der Waals surface area contributed by atoms with Crippen LogP contribution in [0.5, 0.6) is 0 Å². The Labute approximate surface area is 97.2 Å². The summed E-state index contributed by atoms with van der Waals surface area (Å²) in [6.45, 7) is 6.53. The van der Waals surface area contributed by atoms with E-state index in [1.54, 1.807) is 0 Å². The standard InChI is InChI=1S/C14H19NO/c1-2-3-12-4-6-13(7-5-12)15-8-14(9-15)10-16-11-14/h4-7H,2-3,8-11H2,1H3. The summed E-state index contributed by atoms with van der Waals surface area (Å²) in [5.74, 6) is 0. The number of nitrogens with zero attached hydrogens (tertiary/aromatic N) is 1. The van der Waals surface area contributed by atoms with Gasteiger partial charge in [-0.2, -0.15) is 0 Å². The van der Waals surface area contributed by atoms with Gasteiger partial charge >= 0.3 is 0 Å². The summed E-state index contributed by atoms with van der Waals surface area (Å²) in [7, 11) is 0. The first-order valence-corrected chi connectivity index (χ1v) is 6.23. The van der Waals surface area contributed by atoms with Crippen LogP contribution in [0.1, 0.15) is 18.9 Å². The average molecular weight is 217 g/mol. The molecule has 1 aromatic rings. The van der Waals surface area contributed by atoms with Gasteiger partial charge in [0.2, 0.25) is 0 Å². The fraction of sp³-hybridized carbons (Fsp3) is 0.571. The highest BCUT2D eigenvalue weighted by molar-refractivity contribution is 5.51. The molecule has 16 heavy (non-hydrogen) atoms. The lowest BCUT2D eigenvalue weighted by Crippen LogP contribution is -2.66. The Hall–Kier alpha value is -1.02. The Bertz CT molecular complexity index is 359. The third kappa shape index (κ3) is 1.61. The van der Waals surface area contributed by atoms with Crippen molar-refractivity contribution < 1.29 is 4.74 Å². The molecule has 2 aliphatic rings. The zero-order valence-electron chi connectivity index (χ0n) is 9.91. The van der Waals surface area contributed by atoms with Gasteiger partial charge in [-0.3, -0.25) is 0 Å². The summed E-state index contributed by atoms with van der Waals surface area (Å²) in [6, 6.07) is 9.05. The predicted octanol–water partition coefficient (Wildman–Crippen LogP) is 2.48. The lowest BCUT2D eigenvalue weighted by molar-refractivity contribution is -0.127. The number of hydrogen-bond donors (Lipinski definition) is 0. The Kier molecular flexibility index (Phi) is 2.40. The lowest BCUT2D eigenvalue weighted by Gasteiger charge is -2.56. The van der Waals surface area contributed by atoms with Gasteiger partial charge < -0.3 is 9.64 Å². The van der Waals surface area contributed by atoms with Crippen molar-refractivity contribution in [3.63, 3.8) is 0 Å². The predicted molar refractivity (Wildman–Crippen MR) is 65.9 cm³/mol. The first kappa shape index (κ1) is 10.2. The van der Waals surface area contributed by atoms with Crippen LogP contribution < -0.4 is 4.90 Å². The van der Waals surface area contributed by atoms with Crippen LogP contribution in [0.2, 0.25) is 0 Å². The molecule has 2 nitrogen and oxygen atoms in total. The van der Waals surface area contributed by atoms with Crippen molar-refractivity contribution in [1.29, 1.82) is 0 Å². The van der Waals surface area contributed by atoms with Crippen LogP contribution in [-0.2, 0) is 11.2 Å². The molecule has 0 amide bonds. The van der Waals surface area contributed by atoms with Gasteiger partial charge in [-0.15, -0.1) is 0 Å². The van der Waals surface area contributed by atoms with E-state index in [1.807, 2.05) is 0 Å². The Morgan fingerprint density at radius 2 is 1.88 bits per heavy atom. The molecule has 0 radical (unpaired) electrons. The third-order valence-corrected chi connectivity index (χ3v) is 3.71. The van der Waals surface area contributed by atoms with Gasteiger partial charge in [0, 0.05) is 18.8 Å². The summed E-state index contributed by atoms with van der Waals surface area (Å²) >= 11 is 0. The van der Waals surface area contributed by atoms with Gasteiger partial charge in [0.05, 0.1) is 18.6 Å². The largest absolute Gasteiger partial charge is 0.380 e. The van der Waals surface area contributed by atoms with Crippen LogP contribution >= 0.6 is 0 Å². The van der Waals surface area contributed by atoms with E-state index in [4.69, 9.17) is 4.74 Å². The molecule has 86 valence electrons. The van der Waals surface area contributed by atoms with Crippen LogP contribution in [0.15, 0.2) is 24.3 Å². The summed E-state index contributed by atoms with van der Waals surface area (Å²) in [5, 5.41) is 0. The first-order chi connectivity index (χ1) is 7.81. The molecular weight excluding hydrogens is 198 g/mol. The molecule has 0 N–H and O–H groups in total. The number of rotatable bonds is 3. The molecule has 0 bridgehead atoms. The molecule has 0 aliphatic carbocycles. The van der Waals surface area contributed by atoms with E-state index in [1.165, 1.54) is 37.2 Å².